The molecule has 1 amide bonds. The van der Waals surface area contributed by atoms with Gasteiger partial charge in [-0.2, -0.15) is 0 Å². The summed E-state index contributed by atoms with van der Waals surface area (Å²) in [5, 5.41) is 0. The molecule has 0 heterocycles. The summed E-state index contributed by atoms with van der Waals surface area (Å²) in [7, 11) is 1.79. The Balaban J connectivity index is 2.27. The van der Waals surface area contributed by atoms with Gasteiger partial charge in [0.05, 0.1) is 0 Å². The molecule has 0 N–H and O–H groups in total. The van der Waals surface area contributed by atoms with E-state index in [4.69, 9.17) is 0 Å². The van der Waals surface area contributed by atoms with E-state index in [2.05, 4.69) is 0 Å². The molecule has 2 heteroatoms. The Kier molecular flexibility index (Phi) is 3.24. The van der Waals surface area contributed by atoms with Gasteiger partial charge in [0, 0.05) is 18.3 Å². The van der Waals surface area contributed by atoms with Crippen LogP contribution < -0.4 is 4.90 Å². The Labute approximate surface area is 102 Å². The second kappa shape index (κ2) is 4.83. The Morgan fingerprint density at radius 1 is 1.00 bits per heavy atom. The molecule has 0 aliphatic heterocycles. The predicted octanol–water partition coefficient (Wildman–Crippen LogP) is 3.27. The van der Waals surface area contributed by atoms with E-state index in [0.717, 1.165) is 16.8 Å². The Morgan fingerprint density at radius 2 is 1.71 bits per heavy atom. The maximum atomic E-state index is 12.2. The summed E-state index contributed by atoms with van der Waals surface area (Å²) < 4.78 is 0. The van der Waals surface area contributed by atoms with E-state index in [9.17, 15) is 4.79 Å². The largest absolute Gasteiger partial charge is 0.311 e. The van der Waals surface area contributed by atoms with Gasteiger partial charge in [-0.25, -0.2) is 0 Å². The van der Waals surface area contributed by atoms with Crippen LogP contribution in [0.3, 0.4) is 0 Å². The van der Waals surface area contributed by atoms with Crippen molar-refractivity contribution in [3.8, 4) is 0 Å². The average molecular weight is 225 g/mol. The number of anilines is 1. The summed E-state index contributed by atoms with van der Waals surface area (Å²) in [6.07, 6.45) is 0. The number of rotatable bonds is 2. The molecule has 0 bridgehead atoms. The van der Waals surface area contributed by atoms with Crippen LogP contribution in [-0.4, -0.2) is 13.0 Å². The van der Waals surface area contributed by atoms with Crippen molar-refractivity contribution in [3.63, 3.8) is 0 Å². The molecule has 0 atom stereocenters. The average Bonchev–Trinajstić information content (AvgIpc) is 2.38. The number of amides is 1. The minimum atomic E-state index is 0.0138. The minimum Gasteiger partial charge on any atom is -0.311 e. The molecule has 2 nitrogen and oxygen atoms in total. The molecule has 86 valence electrons. The molecule has 17 heavy (non-hydrogen) atoms. The molecule has 0 aliphatic carbocycles. The first-order valence-electron chi connectivity index (χ1n) is 5.58. The number of hydrogen-bond acceptors (Lipinski definition) is 1. The van der Waals surface area contributed by atoms with Gasteiger partial charge in [0.25, 0.3) is 5.91 Å². The molecule has 0 saturated heterocycles. The first-order valence-corrected chi connectivity index (χ1v) is 5.58. The van der Waals surface area contributed by atoms with E-state index in [-0.39, 0.29) is 5.91 Å². The van der Waals surface area contributed by atoms with Gasteiger partial charge in [-0.15, -0.1) is 0 Å². The molecule has 2 rings (SSSR count). The van der Waals surface area contributed by atoms with E-state index in [1.54, 1.807) is 11.9 Å². The highest BCUT2D eigenvalue weighted by Gasteiger charge is 2.12. The van der Waals surface area contributed by atoms with Gasteiger partial charge in [0.1, 0.15) is 0 Å². The lowest BCUT2D eigenvalue weighted by atomic mass is 10.1. The maximum absolute atomic E-state index is 12.2. The third-order valence-electron chi connectivity index (χ3n) is 2.71. The van der Waals surface area contributed by atoms with E-state index in [1.807, 2.05) is 61.5 Å². The summed E-state index contributed by atoms with van der Waals surface area (Å²) in [6, 6.07) is 17.3. The van der Waals surface area contributed by atoms with Crippen LogP contribution in [0.4, 0.5) is 5.69 Å². The summed E-state index contributed by atoms with van der Waals surface area (Å²) in [4.78, 5) is 13.9. The number of carbonyl (C=O) groups excluding carboxylic acids is 1. The highest BCUT2D eigenvalue weighted by atomic mass is 16.2. The molecule has 0 unspecified atom stereocenters. The van der Waals surface area contributed by atoms with Crippen LogP contribution in [0.5, 0.6) is 0 Å². The Morgan fingerprint density at radius 3 is 2.35 bits per heavy atom. The number of carbonyl (C=O) groups is 1. The monoisotopic (exact) mass is 225 g/mol. The molecule has 2 aromatic carbocycles. The van der Waals surface area contributed by atoms with Gasteiger partial charge in [0.15, 0.2) is 0 Å². The van der Waals surface area contributed by atoms with Crippen molar-refractivity contribution >= 4 is 11.6 Å². The molecule has 0 saturated carbocycles. The number of para-hydroxylation sites is 1. The van der Waals surface area contributed by atoms with Crippen molar-refractivity contribution in [2.45, 2.75) is 6.92 Å². The van der Waals surface area contributed by atoms with Crippen molar-refractivity contribution in [2.24, 2.45) is 0 Å². The van der Waals surface area contributed by atoms with E-state index in [1.165, 1.54) is 0 Å². The van der Waals surface area contributed by atoms with Crippen molar-refractivity contribution in [1.82, 2.24) is 0 Å². The fourth-order valence-electron chi connectivity index (χ4n) is 1.74. The molecule has 2 aromatic rings. The van der Waals surface area contributed by atoms with Crippen LogP contribution in [0.15, 0.2) is 54.6 Å². The SMILES string of the molecule is Cc1cccc(C(=O)N(C)c2ccccc2)c1. The van der Waals surface area contributed by atoms with Gasteiger partial charge >= 0.3 is 0 Å². The predicted molar refractivity (Wildman–Crippen MR) is 70.4 cm³/mol. The topological polar surface area (TPSA) is 20.3 Å². The zero-order chi connectivity index (χ0) is 12.3. The molecule has 0 radical (unpaired) electrons. The van der Waals surface area contributed by atoms with E-state index in [0.29, 0.717) is 0 Å². The summed E-state index contributed by atoms with van der Waals surface area (Å²) in [5.74, 6) is 0.0138. The molecule has 0 fully saturated rings. The third kappa shape index (κ3) is 2.53. The van der Waals surface area contributed by atoms with Gasteiger partial charge in [-0.3, -0.25) is 4.79 Å². The highest BCUT2D eigenvalue weighted by Crippen LogP contribution is 2.15. The first kappa shape index (κ1) is 11.4. The van der Waals surface area contributed by atoms with Crippen molar-refractivity contribution in [3.05, 3.63) is 65.7 Å². The second-order valence-corrected chi connectivity index (χ2v) is 4.07. The molecule has 0 aromatic heterocycles. The van der Waals surface area contributed by atoms with Crippen LogP contribution in [-0.2, 0) is 0 Å². The van der Waals surface area contributed by atoms with Crippen LogP contribution in [0, 0.1) is 6.92 Å². The lowest BCUT2D eigenvalue weighted by Gasteiger charge is -2.17. The first-order chi connectivity index (χ1) is 8.18. The van der Waals surface area contributed by atoms with Gasteiger partial charge in [-0.05, 0) is 31.2 Å². The van der Waals surface area contributed by atoms with Crippen LogP contribution in [0.1, 0.15) is 15.9 Å². The van der Waals surface area contributed by atoms with Crippen LogP contribution in [0.25, 0.3) is 0 Å². The minimum absolute atomic E-state index is 0.0138. The normalized spacial score (nSPS) is 10.0. The van der Waals surface area contributed by atoms with E-state index < -0.39 is 0 Å². The number of benzene rings is 2. The van der Waals surface area contributed by atoms with Crippen molar-refractivity contribution in [1.29, 1.82) is 0 Å². The van der Waals surface area contributed by atoms with Gasteiger partial charge < -0.3 is 4.90 Å². The number of aryl methyl sites for hydroxylation is 1. The highest BCUT2D eigenvalue weighted by molar-refractivity contribution is 6.05. The fourth-order valence-corrected chi connectivity index (χ4v) is 1.74. The van der Waals surface area contributed by atoms with Crippen LogP contribution >= 0.6 is 0 Å². The summed E-state index contributed by atoms with van der Waals surface area (Å²) in [5.41, 5.74) is 2.72. The Bertz CT molecular complexity index is 519. The van der Waals surface area contributed by atoms with Crippen molar-refractivity contribution in [2.75, 3.05) is 11.9 Å². The van der Waals surface area contributed by atoms with Gasteiger partial charge in [0.2, 0.25) is 0 Å². The summed E-state index contributed by atoms with van der Waals surface area (Å²) in [6.45, 7) is 1.99. The quantitative estimate of drug-likeness (QED) is 0.768. The van der Waals surface area contributed by atoms with Crippen LogP contribution in [0.2, 0.25) is 0 Å². The zero-order valence-electron chi connectivity index (χ0n) is 10.1. The Hall–Kier alpha value is -2.09. The smallest absolute Gasteiger partial charge is 0.258 e. The lowest BCUT2D eigenvalue weighted by molar-refractivity contribution is 0.0993. The second-order valence-electron chi connectivity index (χ2n) is 4.07. The number of nitrogens with zero attached hydrogens (tertiary/aromatic N) is 1. The standard InChI is InChI=1S/C15H15NO/c1-12-7-6-8-13(11-12)15(17)16(2)14-9-4-3-5-10-14/h3-11H,1-2H3. The zero-order valence-corrected chi connectivity index (χ0v) is 10.1. The van der Waals surface area contributed by atoms with Gasteiger partial charge in [-0.1, -0.05) is 35.9 Å². The lowest BCUT2D eigenvalue weighted by Crippen LogP contribution is -2.26. The molecular weight excluding hydrogens is 210 g/mol. The molecular formula is C15H15NO. The number of hydrogen-bond donors (Lipinski definition) is 0. The fraction of sp³-hybridized carbons (Fsp3) is 0.133. The maximum Gasteiger partial charge on any atom is 0.258 e. The van der Waals surface area contributed by atoms with Crippen molar-refractivity contribution < 1.29 is 4.79 Å². The van der Waals surface area contributed by atoms with E-state index >= 15 is 0 Å². The third-order valence-corrected chi connectivity index (χ3v) is 2.71. The molecule has 0 spiro atoms. The molecule has 0 aliphatic rings. The summed E-state index contributed by atoms with van der Waals surface area (Å²) >= 11 is 0.